The Morgan fingerprint density at radius 3 is 2.31 bits per heavy atom. The predicted molar refractivity (Wildman–Crippen MR) is 157 cm³/mol. The number of ether oxygens (including phenoxy) is 1. The van der Waals surface area contributed by atoms with Gasteiger partial charge < -0.3 is 15.4 Å². The van der Waals surface area contributed by atoms with Gasteiger partial charge in [-0.25, -0.2) is 4.79 Å². The maximum atomic E-state index is 14.0. The number of aromatic nitrogens is 5. The summed E-state index contributed by atoms with van der Waals surface area (Å²) in [4.78, 5) is 30.8. The second kappa shape index (κ2) is 11.5. The number of benzene rings is 2. The molecule has 10 nitrogen and oxygen atoms in total. The van der Waals surface area contributed by atoms with Gasteiger partial charge in [-0.05, 0) is 85.2 Å². The van der Waals surface area contributed by atoms with E-state index in [1.54, 1.807) is 16.9 Å². The van der Waals surface area contributed by atoms with E-state index in [4.69, 9.17) is 21.3 Å². The number of carbonyl (C=O) groups excluding carboxylic acids is 2. The van der Waals surface area contributed by atoms with Gasteiger partial charge in [0.25, 0.3) is 0 Å². The second-order valence-electron chi connectivity index (χ2n) is 11.3. The third kappa shape index (κ3) is 5.72. The average molecular weight is 586 g/mol. The summed E-state index contributed by atoms with van der Waals surface area (Å²) in [7, 11) is 1.39. The first kappa shape index (κ1) is 27.8. The van der Waals surface area contributed by atoms with E-state index in [9.17, 15) is 9.59 Å². The van der Waals surface area contributed by atoms with Crippen molar-refractivity contribution in [2.75, 3.05) is 7.11 Å². The summed E-state index contributed by atoms with van der Waals surface area (Å²) >= 11 is 6.34. The number of alkyl carbamates (subject to hydrolysis) is 1. The van der Waals surface area contributed by atoms with Gasteiger partial charge in [-0.3, -0.25) is 9.78 Å². The Bertz CT molecular complexity index is 1540. The minimum Gasteiger partial charge on any atom is -0.453 e. The van der Waals surface area contributed by atoms with E-state index in [0.717, 1.165) is 60.9 Å². The molecule has 0 radical (unpaired) electrons. The minimum absolute atomic E-state index is 0.0356. The molecule has 4 aromatic rings. The van der Waals surface area contributed by atoms with Crippen LogP contribution in [0.25, 0.3) is 16.8 Å². The van der Waals surface area contributed by atoms with Gasteiger partial charge in [0.15, 0.2) is 0 Å². The normalized spacial score (nSPS) is 21.9. The molecule has 1 unspecified atom stereocenters. The number of tetrazole rings is 1. The summed E-state index contributed by atoms with van der Waals surface area (Å²) < 4.78 is 6.43. The molecule has 3 fully saturated rings. The van der Waals surface area contributed by atoms with E-state index in [-0.39, 0.29) is 17.0 Å². The van der Waals surface area contributed by atoms with Crippen molar-refractivity contribution in [3.63, 3.8) is 0 Å². The summed E-state index contributed by atoms with van der Waals surface area (Å²) in [6, 6.07) is 19.4. The molecule has 2 aromatic carbocycles. The highest BCUT2D eigenvalue weighted by molar-refractivity contribution is 6.31. The summed E-state index contributed by atoms with van der Waals surface area (Å²) in [6.07, 6.45) is 8.27. The predicted octanol–water partition coefficient (Wildman–Crippen LogP) is 5.02. The Balaban J connectivity index is 1.25. The summed E-state index contributed by atoms with van der Waals surface area (Å²) in [5.74, 6) is -0.512. The Morgan fingerprint density at radius 2 is 1.69 bits per heavy atom. The van der Waals surface area contributed by atoms with Crippen LogP contribution in [-0.4, -0.2) is 55.4 Å². The Morgan fingerprint density at radius 1 is 0.976 bits per heavy atom. The zero-order chi connectivity index (χ0) is 29.2. The van der Waals surface area contributed by atoms with Crippen LogP contribution in [0.5, 0.6) is 0 Å². The van der Waals surface area contributed by atoms with Crippen molar-refractivity contribution in [3.8, 4) is 16.8 Å². The van der Waals surface area contributed by atoms with Crippen molar-refractivity contribution in [3.05, 3.63) is 89.5 Å². The average Bonchev–Trinajstić information content (AvgIpc) is 3.56. The third-order valence-corrected chi connectivity index (χ3v) is 9.03. The number of nitrogens with zero attached hydrogens (tertiary/aromatic N) is 5. The van der Waals surface area contributed by atoms with E-state index in [0.29, 0.717) is 17.1 Å². The molecule has 2 amide bonds. The van der Waals surface area contributed by atoms with Crippen LogP contribution >= 0.6 is 11.6 Å². The zero-order valence-corrected chi connectivity index (χ0v) is 24.1. The smallest absolute Gasteiger partial charge is 0.407 e. The number of pyridine rings is 1. The van der Waals surface area contributed by atoms with Gasteiger partial charge in [0.05, 0.1) is 24.4 Å². The molecule has 3 aliphatic carbocycles. The summed E-state index contributed by atoms with van der Waals surface area (Å²) in [6.45, 7) is 0. The van der Waals surface area contributed by atoms with E-state index < -0.39 is 12.0 Å². The summed E-state index contributed by atoms with van der Waals surface area (Å²) in [5, 5.41) is 18.6. The van der Waals surface area contributed by atoms with Crippen LogP contribution in [0, 0.1) is 0 Å². The molecule has 1 atom stereocenters. The highest BCUT2D eigenvalue weighted by atomic mass is 35.5. The largest absolute Gasteiger partial charge is 0.453 e. The van der Waals surface area contributed by atoms with Gasteiger partial charge in [-0.2, -0.15) is 4.68 Å². The standard InChI is InChI=1S/C31H32ClN7O3/c1-42-29(41)36-31-14-11-30(12-15-31,13-16-31)35-28(40)25(17-21-5-3-2-4-6-21)26-9-7-22(19-33-26)24-18-23(32)8-10-27(24)39-20-34-37-38-39/h2-10,18-20,25H,11-17H2,1H3,(H,35,40)(H,36,41). The van der Waals surface area contributed by atoms with E-state index in [2.05, 4.69) is 26.2 Å². The van der Waals surface area contributed by atoms with Crippen LogP contribution < -0.4 is 10.6 Å². The minimum atomic E-state index is -0.476. The van der Waals surface area contributed by atoms with Crippen molar-refractivity contribution < 1.29 is 14.3 Å². The number of halogens is 1. The van der Waals surface area contributed by atoms with Gasteiger partial charge >= 0.3 is 6.09 Å². The maximum absolute atomic E-state index is 14.0. The lowest BCUT2D eigenvalue weighted by molar-refractivity contribution is -0.126. The van der Waals surface area contributed by atoms with Gasteiger partial charge in [-0.1, -0.05) is 48.0 Å². The monoisotopic (exact) mass is 585 g/mol. The quantitative estimate of drug-likeness (QED) is 0.297. The lowest BCUT2D eigenvalue weighted by Gasteiger charge is -2.53. The van der Waals surface area contributed by atoms with E-state index in [1.807, 2.05) is 54.6 Å². The molecule has 2 aromatic heterocycles. The number of nitrogens with one attached hydrogen (secondary N) is 2. The topological polar surface area (TPSA) is 124 Å². The number of methoxy groups -OCH3 is 1. The van der Waals surface area contributed by atoms with Crippen LogP contribution in [0.3, 0.4) is 0 Å². The molecule has 0 saturated heterocycles. The molecule has 216 valence electrons. The number of rotatable bonds is 8. The van der Waals surface area contributed by atoms with Crippen molar-refractivity contribution in [2.24, 2.45) is 0 Å². The summed E-state index contributed by atoms with van der Waals surface area (Å²) in [5.41, 5.74) is 3.64. The molecule has 2 heterocycles. The fourth-order valence-electron chi connectivity index (χ4n) is 6.34. The van der Waals surface area contributed by atoms with Crippen molar-refractivity contribution >= 4 is 23.6 Å². The number of hydrogen-bond donors (Lipinski definition) is 2. The van der Waals surface area contributed by atoms with Crippen molar-refractivity contribution in [1.82, 2.24) is 35.8 Å². The lowest BCUT2D eigenvalue weighted by atomic mass is 9.61. The maximum Gasteiger partial charge on any atom is 0.407 e. The molecule has 0 aliphatic heterocycles. The Labute approximate surface area is 248 Å². The van der Waals surface area contributed by atoms with Gasteiger partial charge in [0.1, 0.15) is 6.33 Å². The van der Waals surface area contributed by atoms with Crippen LogP contribution in [0.2, 0.25) is 5.02 Å². The Kier molecular flexibility index (Phi) is 7.64. The van der Waals surface area contributed by atoms with E-state index in [1.165, 1.54) is 13.4 Å². The van der Waals surface area contributed by atoms with Crippen LogP contribution in [0.1, 0.15) is 55.7 Å². The fourth-order valence-corrected chi connectivity index (χ4v) is 6.51. The molecule has 0 spiro atoms. The van der Waals surface area contributed by atoms with Crippen LogP contribution in [-0.2, 0) is 16.0 Å². The number of amides is 2. The van der Waals surface area contributed by atoms with Crippen LogP contribution in [0.15, 0.2) is 73.2 Å². The Hall–Kier alpha value is -4.31. The molecule has 2 bridgehead atoms. The molecule has 42 heavy (non-hydrogen) atoms. The molecule has 3 aliphatic rings. The third-order valence-electron chi connectivity index (χ3n) is 8.80. The first-order valence-electron chi connectivity index (χ1n) is 14.1. The van der Waals surface area contributed by atoms with Crippen molar-refractivity contribution in [2.45, 2.75) is 61.9 Å². The highest BCUT2D eigenvalue weighted by Crippen LogP contribution is 2.47. The zero-order valence-electron chi connectivity index (χ0n) is 23.3. The molecule has 11 heteroatoms. The molecule has 2 N–H and O–H groups in total. The van der Waals surface area contributed by atoms with E-state index >= 15 is 0 Å². The highest BCUT2D eigenvalue weighted by Gasteiger charge is 2.50. The molecular formula is C31H32ClN7O3. The first-order chi connectivity index (χ1) is 20.4. The van der Waals surface area contributed by atoms with Gasteiger partial charge in [-0.15, -0.1) is 5.10 Å². The number of carbonyl (C=O) groups is 2. The molecule has 7 rings (SSSR count). The van der Waals surface area contributed by atoms with Gasteiger partial charge in [0.2, 0.25) is 5.91 Å². The first-order valence-corrected chi connectivity index (χ1v) is 14.5. The van der Waals surface area contributed by atoms with Gasteiger partial charge in [0, 0.05) is 33.4 Å². The van der Waals surface area contributed by atoms with Crippen LogP contribution in [0.4, 0.5) is 4.79 Å². The molecular weight excluding hydrogens is 554 g/mol. The second-order valence-corrected chi connectivity index (χ2v) is 11.7. The number of fused-ring (bicyclic) bond motifs is 3. The molecule has 3 saturated carbocycles. The van der Waals surface area contributed by atoms with Crippen molar-refractivity contribution in [1.29, 1.82) is 0 Å². The number of hydrogen-bond acceptors (Lipinski definition) is 7. The lowest BCUT2D eigenvalue weighted by Crippen LogP contribution is -2.64. The fraction of sp³-hybridized carbons (Fsp3) is 0.355. The SMILES string of the molecule is COC(=O)NC12CCC(NC(=O)C(Cc3ccccc3)c3ccc(-c4cc(Cl)ccc4-n4cnnn4)cn3)(CC1)CC2.